The van der Waals surface area contributed by atoms with Crippen LogP contribution in [0.1, 0.15) is 25.2 Å². The third kappa shape index (κ3) is 3.00. The average molecular weight is 249 g/mol. The van der Waals surface area contributed by atoms with Crippen molar-refractivity contribution in [3.05, 3.63) is 23.5 Å². The molecule has 1 aromatic rings. The number of thioether (sulfide) groups is 1. The topological polar surface area (TPSA) is 37.3 Å². The van der Waals surface area contributed by atoms with Crippen molar-refractivity contribution in [3.63, 3.8) is 0 Å². The molecule has 0 amide bonds. The molecule has 1 aliphatic heterocycles. The van der Waals surface area contributed by atoms with Crippen LogP contribution in [-0.4, -0.2) is 21.9 Å². The first kappa shape index (κ1) is 12.4. The number of nitrogens with one attached hydrogen (secondary N) is 1. The number of hydrogen-bond donors (Lipinski definition) is 1. The van der Waals surface area contributed by atoms with Crippen LogP contribution in [0.5, 0.6) is 0 Å². The SMILES string of the molecule is Cc1ccc(NC2=N[C@@H](C(C)C)CS2)c(C)n1. The van der Waals surface area contributed by atoms with Crippen LogP contribution in [0.15, 0.2) is 17.1 Å². The minimum atomic E-state index is 0.446. The summed E-state index contributed by atoms with van der Waals surface area (Å²) in [5.74, 6) is 1.69. The summed E-state index contributed by atoms with van der Waals surface area (Å²) in [4.78, 5) is 9.13. The van der Waals surface area contributed by atoms with E-state index in [4.69, 9.17) is 0 Å². The van der Waals surface area contributed by atoms with Gasteiger partial charge in [-0.05, 0) is 31.9 Å². The van der Waals surface area contributed by atoms with Crippen LogP contribution < -0.4 is 5.32 Å². The Hall–Kier alpha value is -1.03. The van der Waals surface area contributed by atoms with Crippen molar-refractivity contribution in [2.24, 2.45) is 10.9 Å². The Morgan fingerprint density at radius 3 is 2.71 bits per heavy atom. The van der Waals surface area contributed by atoms with E-state index in [-0.39, 0.29) is 0 Å². The van der Waals surface area contributed by atoms with Gasteiger partial charge in [0.15, 0.2) is 5.17 Å². The quantitative estimate of drug-likeness (QED) is 0.874. The number of aliphatic imine (C=N–C) groups is 1. The highest BCUT2D eigenvalue weighted by molar-refractivity contribution is 8.14. The number of aryl methyl sites for hydroxylation is 2. The second-order valence-electron chi connectivity index (χ2n) is 4.77. The standard InChI is InChI=1S/C13H19N3S/c1-8(2)12-7-17-13(16-12)15-11-6-5-9(3)14-10(11)4/h5-6,8,12H,7H2,1-4H3,(H,15,16)/t12-/m1/s1. The van der Waals surface area contributed by atoms with Gasteiger partial charge in [0.25, 0.3) is 0 Å². The minimum Gasteiger partial charge on any atom is -0.333 e. The number of rotatable bonds is 2. The average Bonchev–Trinajstić information content (AvgIpc) is 2.71. The van der Waals surface area contributed by atoms with E-state index in [1.807, 2.05) is 19.9 Å². The van der Waals surface area contributed by atoms with Gasteiger partial charge in [-0.3, -0.25) is 9.98 Å². The monoisotopic (exact) mass is 249 g/mol. The highest BCUT2D eigenvalue weighted by atomic mass is 32.2. The van der Waals surface area contributed by atoms with Crippen LogP contribution in [-0.2, 0) is 0 Å². The number of amidine groups is 1. The van der Waals surface area contributed by atoms with Crippen molar-refractivity contribution in [2.45, 2.75) is 33.7 Å². The molecular formula is C13H19N3S. The molecule has 1 aromatic heterocycles. The summed E-state index contributed by atoms with van der Waals surface area (Å²) < 4.78 is 0. The molecule has 92 valence electrons. The number of hydrogen-bond acceptors (Lipinski definition) is 4. The Morgan fingerprint density at radius 1 is 1.35 bits per heavy atom. The van der Waals surface area contributed by atoms with Crippen LogP contribution in [0.25, 0.3) is 0 Å². The highest BCUT2D eigenvalue weighted by Crippen LogP contribution is 2.25. The van der Waals surface area contributed by atoms with Gasteiger partial charge in [-0.15, -0.1) is 0 Å². The zero-order valence-corrected chi connectivity index (χ0v) is 11.6. The second-order valence-corrected chi connectivity index (χ2v) is 5.78. The summed E-state index contributed by atoms with van der Waals surface area (Å²) in [6.45, 7) is 8.47. The van der Waals surface area contributed by atoms with Gasteiger partial charge in [-0.2, -0.15) is 0 Å². The lowest BCUT2D eigenvalue weighted by atomic mass is 10.1. The van der Waals surface area contributed by atoms with E-state index in [2.05, 4.69) is 35.2 Å². The van der Waals surface area contributed by atoms with Gasteiger partial charge in [0.1, 0.15) is 0 Å². The van der Waals surface area contributed by atoms with Gasteiger partial charge < -0.3 is 5.32 Å². The molecule has 0 radical (unpaired) electrons. The number of pyridine rings is 1. The van der Waals surface area contributed by atoms with E-state index in [9.17, 15) is 0 Å². The van der Waals surface area contributed by atoms with Crippen LogP contribution in [0.2, 0.25) is 0 Å². The minimum absolute atomic E-state index is 0.446. The molecular weight excluding hydrogens is 230 g/mol. The normalized spacial score (nSPS) is 19.6. The zero-order chi connectivity index (χ0) is 12.4. The van der Waals surface area contributed by atoms with Crippen LogP contribution in [0.4, 0.5) is 5.69 Å². The van der Waals surface area contributed by atoms with Crippen molar-refractivity contribution in [1.82, 2.24) is 4.98 Å². The largest absolute Gasteiger partial charge is 0.333 e. The maximum Gasteiger partial charge on any atom is 0.161 e. The molecule has 0 saturated heterocycles. The summed E-state index contributed by atoms with van der Waals surface area (Å²) in [5.41, 5.74) is 3.14. The van der Waals surface area contributed by atoms with Gasteiger partial charge in [0.2, 0.25) is 0 Å². The Balaban J connectivity index is 2.09. The molecule has 0 saturated carbocycles. The second kappa shape index (κ2) is 5.08. The van der Waals surface area contributed by atoms with E-state index in [0.717, 1.165) is 28.0 Å². The fourth-order valence-electron chi connectivity index (χ4n) is 1.73. The predicted octanol–water partition coefficient (Wildman–Crippen LogP) is 3.24. The van der Waals surface area contributed by atoms with E-state index in [1.165, 1.54) is 0 Å². The van der Waals surface area contributed by atoms with Gasteiger partial charge in [-0.25, -0.2) is 0 Å². The lowest BCUT2D eigenvalue weighted by Crippen LogP contribution is -2.12. The summed E-state index contributed by atoms with van der Waals surface area (Å²) in [6.07, 6.45) is 0. The summed E-state index contributed by atoms with van der Waals surface area (Å²) in [7, 11) is 0. The highest BCUT2D eigenvalue weighted by Gasteiger charge is 2.21. The predicted molar refractivity (Wildman–Crippen MR) is 75.9 cm³/mol. The van der Waals surface area contributed by atoms with Gasteiger partial charge in [-0.1, -0.05) is 25.6 Å². The molecule has 2 heterocycles. The number of aromatic nitrogens is 1. The van der Waals surface area contributed by atoms with Crippen molar-refractivity contribution >= 4 is 22.6 Å². The van der Waals surface area contributed by atoms with Crippen LogP contribution >= 0.6 is 11.8 Å². The summed E-state index contributed by atoms with van der Waals surface area (Å²) >= 11 is 1.80. The zero-order valence-electron chi connectivity index (χ0n) is 10.8. The molecule has 4 heteroatoms. The van der Waals surface area contributed by atoms with Crippen molar-refractivity contribution in [3.8, 4) is 0 Å². The molecule has 17 heavy (non-hydrogen) atoms. The molecule has 1 N–H and O–H groups in total. The van der Waals surface area contributed by atoms with Crippen LogP contribution in [0.3, 0.4) is 0 Å². The Kier molecular flexibility index (Phi) is 3.72. The molecule has 2 rings (SSSR count). The smallest absolute Gasteiger partial charge is 0.161 e. The molecule has 1 atom stereocenters. The van der Waals surface area contributed by atoms with Gasteiger partial charge in [0, 0.05) is 11.4 Å². The fourth-order valence-corrected chi connectivity index (χ4v) is 2.91. The third-order valence-corrected chi connectivity index (χ3v) is 3.90. The van der Waals surface area contributed by atoms with Crippen molar-refractivity contribution in [1.29, 1.82) is 0 Å². The molecule has 0 aliphatic carbocycles. The maximum atomic E-state index is 4.69. The lowest BCUT2D eigenvalue weighted by Gasteiger charge is -2.09. The molecule has 1 aliphatic rings. The van der Waals surface area contributed by atoms with Crippen LogP contribution in [0, 0.1) is 19.8 Å². The van der Waals surface area contributed by atoms with E-state index in [0.29, 0.717) is 12.0 Å². The first-order valence-electron chi connectivity index (χ1n) is 5.98. The van der Waals surface area contributed by atoms with E-state index in [1.54, 1.807) is 11.8 Å². The number of nitrogens with zero attached hydrogens (tertiary/aromatic N) is 2. The Morgan fingerprint density at radius 2 is 2.12 bits per heavy atom. The lowest BCUT2D eigenvalue weighted by molar-refractivity contribution is 0.543. The van der Waals surface area contributed by atoms with Crippen molar-refractivity contribution in [2.75, 3.05) is 11.1 Å². The number of anilines is 1. The molecule has 0 spiro atoms. The Labute approximate surface area is 107 Å². The third-order valence-electron chi connectivity index (χ3n) is 2.91. The molecule has 0 aromatic carbocycles. The summed E-state index contributed by atoms with van der Waals surface area (Å²) in [5, 5.41) is 4.40. The fraction of sp³-hybridized carbons (Fsp3) is 0.538. The molecule has 3 nitrogen and oxygen atoms in total. The van der Waals surface area contributed by atoms with Gasteiger partial charge in [0.05, 0.1) is 17.4 Å². The van der Waals surface area contributed by atoms with Crippen molar-refractivity contribution < 1.29 is 0 Å². The maximum absolute atomic E-state index is 4.69. The van der Waals surface area contributed by atoms with E-state index < -0.39 is 0 Å². The first-order valence-corrected chi connectivity index (χ1v) is 6.96. The molecule has 0 bridgehead atoms. The molecule has 0 unspecified atom stereocenters. The van der Waals surface area contributed by atoms with Gasteiger partial charge >= 0.3 is 0 Å². The Bertz CT molecular complexity index is 440. The molecule has 0 fully saturated rings. The van der Waals surface area contributed by atoms with E-state index >= 15 is 0 Å². The first-order chi connectivity index (χ1) is 8.06. The summed E-state index contributed by atoms with van der Waals surface area (Å²) in [6, 6.07) is 4.54.